The van der Waals surface area contributed by atoms with E-state index in [1.54, 1.807) is 11.8 Å². The first kappa shape index (κ1) is 38.8. The van der Waals surface area contributed by atoms with E-state index in [4.69, 9.17) is 41.9 Å². The molecule has 2 rings (SSSR count). The second kappa shape index (κ2) is 34.7. The topological polar surface area (TPSA) is 99.5 Å². The largest absolute Gasteiger partial charge is 0 e. The van der Waals surface area contributed by atoms with E-state index in [2.05, 4.69) is 87.7 Å². The molecule has 0 radical (unpaired) electrons. The van der Waals surface area contributed by atoms with Gasteiger partial charge in [0.15, 0.2) is 0 Å². The molecule has 9 heteroatoms. The number of hydrogen-bond donors (Lipinski definition) is 0. The van der Waals surface area contributed by atoms with Crippen molar-refractivity contribution in [3.8, 4) is 12.3 Å². The van der Waals surface area contributed by atoms with Gasteiger partial charge in [-0.2, -0.15) is 0 Å². The molecule has 0 aliphatic carbocycles. The van der Waals surface area contributed by atoms with Crippen LogP contribution in [-0.4, -0.2) is 9.69 Å². The fourth-order valence-electron chi connectivity index (χ4n) is 1.68. The zero-order valence-electron chi connectivity index (χ0n) is 15.3. The summed E-state index contributed by atoms with van der Waals surface area (Å²) in [5, 5.41) is 2.55. The van der Waals surface area contributed by atoms with Crippen molar-refractivity contribution in [2.45, 2.75) is 0 Å². The first-order chi connectivity index (χ1) is 14.3. The number of benzene rings is 2. The Labute approximate surface area is 202 Å². The van der Waals surface area contributed by atoms with Crippen LogP contribution in [0.4, 0.5) is 0 Å². The number of thioether (sulfide) groups is 1. The van der Waals surface area contributed by atoms with Gasteiger partial charge >= 0.3 is 56.5 Å². The zero-order chi connectivity index (χ0) is 23.5. The van der Waals surface area contributed by atoms with Crippen molar-refractivity contribution >= 4 is 46.4 Å². The fraction of sp³-hybridized carbons (Fsp3) is 0.0476. The summed E-state index contributed by atoms with van der Waals surface area (Å²) < 4.78 is 38.5. The van der Waals surface area contributed by atoms with E-state index >= 15 is 0 Å². The van der Waals surface area contributed by atoms with Gasteiger partial charge in [-0.1, -0.05) is 78.8 Å². The van der Waals surface area contributed by atoms with Gasteiger partial charge in [-0.3, -0.25) is 0 Å². The zero-order valence-corrected chi connectivity index (χ0v) is 20.7. The van der Waals surface area contributed by atoms with Crippen LogP contribution >= 0.6 is 31.9 Å². The van der Waals surface area contributed by atoms with Crippen molar-refractivity contribution in [3.63, 3.8) is 0 Å². The van der Waals surface area contributed by atoms with Crippen LogP contribution in [0, 0.1) is 45.6 Å². The second-order valence-corrected chi connectivity index (χ2v) is 8.17. The molecule has 0 fully saturated rings. The Morgan fingerprint density at radius 3 is 1.33 bits per heavy atom. The van der Waals surface area contributed by atoms with Gasteiger partial charge < -0.3 is 0 Å². The number of rotatable bonds is 4. The smallest absolute Gasteiger partial charge is 0 e. The molecular weight excluding hydrogens is 611 g/mol. The summed E-state index contributed by atoms with van der Waals surface area (Å²) >= 11 is 7.20. The van der Waals surface area contributed by atoms with Crippen LogP contribution < -0.4 is 10.6 Å². The van der Waals surface area contributed by atoms with Gasteiger partial charge in [-0.15, -0.1) is 18.2 Å². The third-order valence-corrected chi connectivity index (χ3v) is 6.88. The first-order valence-electron chi connectivity index (χ1n) is 6.85. The summed E-state index contributed by atoms with van der Waals surface area (Å²) in [5.41, 5.74) is 0. The summed E-state index contributed by atoms with van der Waals surface area (Å²) in [6.45, 7) is 22.5. The monoisotopic (exact) mass is 624 g/mol. The van der Waals surface area contributed by atoms with Crippen molar-refractivity contribution in [1.29, 1.82) is 0 Å². The molecule has 0 N–H and O–H groups in total. The quantitative estimate of drug-likeness (QED) is 0.171. The van der Waals surface area contributed by atoms with E-state index in [0.717, 1.165) is 3.94 Å². The van der Waals surface area contributed by atoms with Crippen LogP contribution in [0.15, 0.2) is 60.7 Å². The third kappa shape index (κ3) is 18.3. The maximum absolute atomic E-state index is 7.50. The van der Waals surface area contributed by atoms with Crippen molar-refractivity contribution in [1.82, 2.24) is 0 Å². The van der Waals surface area contributed by atoms with Gasteiger partial charge in [0.05, 0.1) is 9.69 Å². The molecule has 0 spiro atoms. The minimum Gasteiger partial charge on any atom is 0 e. The summed E-state index contributed by atoms with van der Waals surface area (Å²) in [4.78, 5) is 0. The SMILES string of the molecule is C#CCSC(=S)P(c1ccccc1)c1ccccc1.[C-]#[O+].[C-]#[O+].[C-]#[O+].[C-]#[O+].[C-]#[O+].[W]. The predicted octanol–water partition coefficient (Wildman–Crippen LogP) is 3.58. The normalized spacial score (nSPS) is 6.73. The summed E-state index contributed by atoms with van der Waals surface area (Å²) in [6, 6.07) is 20.8. The van der Waals surface area contributed by atoms with Gasteiger partial charge in [0, 0.05) is 29.0 Å². The number of hydrogen-bond acceptors (Lipinski definition) is 2. The average molecular weight is 624 g/mol. The van der Waals surface area contributed by atoms with Crippen molar-refractivity contribution in [2.75, 3.05) is 5.75 Å². The van der Waals surface area contributed by atoms with Crippen molar-refractivity contribution in [3.05, 3.63) is 93.9 Å². The molecule has 0 saturated carbocycles. The van der Waals surface area contributed by atoms with E-state index in [-0.39, 0.29) is 21.1 Å². The number of thiocarbonyl (C=S) groups is 1. The fourth-order valence-corrected chi connectivity index (χ4v) is 5.70. The van der Waals surface area contributed by atoms with E-state index < -0.39 is 7.92 Å². The molecule has 0 atom stereocenters. The van der Waals surface area contributed by atoms with E-state index in [1.807, 2.05) is 12.1 Å². The van der Waals surface area contributed by atoms with Crippen LogP contribution in [0.3, 0.4) is 0 Å². The number of terminal acetylenes is 1. The van der Waals surface area contributed by atoms with Crippen LogP contribution in [0.25, 0.3) is 0 Å². The van der Waals surface area contributed by atoms with E-state index in [0.29, 0.717) is 5.75 Å². The maximum atomic E-state index is 7.50. The van der Waals surface area contributed by atoms with Crippen LogP contribution in [0.5, 0.6) is 0 Å². The van der Waals surface area contributed by atoms with Gasteiger partial charge in [0.25, 0.3) is 0 Å². The molecular formula is C21H13O5PS2W. The van der Waals surface area contributed by atoms with Crippen LogP contribution in [0.1, 0.15) is 0 Å². The molecule has 150 valence electrons. The molecule has 30 heavy (non-hydrogen) atoms. The Morgan fingerprint density at radius 1 is 0.767 bits per heavy atom. The maximum Gasteiger partial charge on any atom is 0 e. The molecule has 0 amide bonds. The Bertz CT molecular complexity index is 723. The Kier molecular flexibility index (Phi) is 45.0. The Balaban J connectivity index is -0.000000166. The summed E-state index contributed by atoms with van der Waals surface area (Å²) in [7, 11) is -0.625. The molecule has 0 aromatic heterocycles. The minimum absolute atomic E-state index is 0. The van der Waals surface area contributed by atoms with Crippen molar-refractivity contribution < 1.29 is 44.3 Å². The molecule has 0 saturated heterocycles. The molecule has 0 unspecified atom stereocenters. The van der Waals surface area contributed by atoms with Gasteiger partial charge in [-0.05, 0) is 10.6 Å². The summed E-state index contributed by atoms with van der Waals surface area (Å²) in [6.07, 6.45) is 5.33. The predicted molar refractivity (Wildman–Crippen MR) is 113 cm³/mol. The molecule has 0 bridgehead atoms. The van der Waals surface area contributed by atoms with Gasteiger partial charge in [0.2, 0.25) is 0 Å². The molecule has 5 nitrogen and oxygen atoms in total. The molecule has 0 aliphatic heterocycles. The van der Waals surface area contributed by atoms with Crippen LogP contribution in [-0.2, 0) is 44.3 Å². The first-order valence-corrected chi connectivity index (χ1v) is 9.59. The molecule has 2 aromatic carbocycles. The van der Waals surface area contributed by atoms with Gasteiger partial charge in [-0.25, -0.2) is 0 Å². The van der Waals surface area contributed by atoms with Crippen molar-refractivity contribution in [2.24, 2.45) is 0 Å². The molecule has 0 heterocycles. The summed E-state index contributed by atoms with van der Waals surface area (Å²) in [5.74, 6) is 3.28. The average Bonchev–Trinajstić information content (AvgIpc) is 2.85. The standard InChI is InChI=1S/C16H13PS2.5CO.W/c1-2-13-19-16(18)17(14-9-5-3-6-10-14)15-11-7-4-8-12-15;5*1-2;/h1,3-12H,13H2;;;;;;. The van der Waals surface area contributed by atoms with E-state index in [9.17, 15) is 0 Å². The second-order valence-electron chi connectivity index (χ2n) is 3.77. The molecule has 2 aromatic rings. The molecule has 0 aliphatic rings. The van der Waals surface area contributed by atoms with Gasteiger partial charge in [0.1, 0.15) is 0 Å². The Hall–Kier alpha value is -1.74. The van der Waals surface area contributed by atoms with Crippen LogP contribution in [0.2, 0.25) is 0 Å². The third-order valence-electron chi connectivity index (χ3n) is 2.49. The minimum atomic E-state index is -0.625. The Morgan fingerprint density at radius 2 is 1.07 bits per heavy atom. The van der Waals surface area contributed by atoms with E-state index in [1.165, 1.54) is 10.6 Å².